The molecule has 0 bridgehead atoms. The van der Waals surface area contributed by atoms with Crippen molar-refractivity contribution in [1.29, 1.82) is 0 Å². The van der Waals surface area contributed by atoms with E-state index in [0.29, 0.717) is 22.3 Å². The van der Waals surface area contributed by atoms with Crippen molar-refractivity contribution >= 4 is 11.6 Å². The Balaban J connectivity index is 2.07. The molecule has 0 heterocycles. The highest BCUT2D eigenvalue weighted by Gasteiger charge is 2.17. The Kier molecular flexibility index (Phi) is 4.39. The number of aryl methyl sites for hydroxylation is 1. The van der Waals surface area contributed by atoms with Gasteiger partial charge in [-0.3, -0.25) is 9.59 Å². The van der Waals surface area contributed by atoms with Crippen molar-refractivity contribution in [2.45, 2.75) is 13.8 Å². The molecule has 3 aromatic carbocycles. The van der Waals surface area contributed by atoms with Crippen molar-refractivity contribution in [3.05, 3.63) is 106 Å². The minimum Gasteiger partial charge on any atom is -0.289 e. The van der Waals surface area contributed by atoms with Gasteiger partial charge in [-0.25, -0.2) is 0 Å². The summed E-state index contributed by atoms with van der Waals surface area (Å²) in [5.41, 5.74) is 4.23. The fraction of sp³-hybridized carbons (Fsp3) is 0.0909. The first-order chi connectivity index (χ1) is 11.6. The Morgan fingerprint density at radius 3 is 1.67 bits per heavy atom. The Labute approximate surface area is 141 Å². The van der Waals surface area contributed by atoms with Crippen LogP contribution in [0, 0.1) is 13.8 Å². The molecule has 24 heavy (non-hydrogen) atoms. The fourth-order valence-corrected chi connectivity index (χ4v) is 2.73. The predicted octanol–water partition coefficient (Wildman–Crippen LogP) is 4.77. The van der Waals surface area contributed by atoms with Crippen LogP contribution in [-0.2, 0) is 0 Å². The summed E-state index contributed by atoms with van der Waals surface area (Å²) in [6.07, 6.45) is 0. The number of carbonyl (C=O) groups excluding carboxylic acids is 2. The van der Waals surface area contributed by atoms with E-state index in [-0.39, 0.29) is 11.6 Å². The molecule has 3 aromatic rings. The molecule has 0 fully saturated rings. The van der Waals surface area contributed by atoms with E-state index < -0.39 is 0 Å². The second-order valence-electron chi connectivity index (χ2n) is 5.86. The number of hydrogen-bond acceptors (Lipinski definition) is 2. The van der Waals surface area contributed by atoms with Gasteiger partial charge in [0.1, 0.15) is 0 Å². The Morgan fingerprint density at radius 1 is 0.625 bits per heavy atom. The maximum atomic E-state index is 12.8. The van der Waals surface area contributed by atoms with Crippen LogP contribution in [0.1, 0.15) is 43.0 Å². The third kappa shape index (κ3) is 3.04. The van der Waals surface area contributed by atoms with Gasteiger partial charge in [0.05, 0.1) is 0 Å². The summed E-state index contributed by atoms with van der Waals surface area (Å²) in [5, 5.41) is 0. The molecule has 0 amide bonds. The lowest BCUT2D eigenvalue weighted by Crippen LogP contribution is -2.09. The molecular formula is C22H18O2. The van der Waals surface area contributed by atoms with E-state index in [4.69, 9.17) is 0 Å². The minimum atomic E-state index is -0.0687. The van der Waals surface area contributed by atoms with Crippen molar-refractivity contribution in [3.63, 3.8) is 0 Å². The van der Waals surface area contributed by atoms with Crippen LogP contribution in [0.4, 0.5) is 0 Å². The molecule has 0 radical (unpaired) electrons. The summed E-state index contributed by atoms with van der Waals surface area (Å²) in [7, 11) is 0. The average Bonchev–Trinajstić information content (AvgIpc) is 2.64. The number of rotatable bonds is 4. The first-order valence-corrected chi connectivity index (χ1v) is 7.88. The molecule has 3 rings (SSSR count). The van der Waals surface area contributed by atoms with Crippen molar-refractivity contribution in [1.82, 2.24) is 0 Å². The van der Waals surface area contributed by atoms with E-state index in [9.17, 15) is 9.59 Å². The van der Waals surface area contributed by atoms with Gasteiger partial charge in [0.2, 0.25) is 0 Å². The van der Waals surface area contributed by atoms with Crippen LogP contribution in [-0.4, -0.2) is 11.6 Å². The summed E-state index contributed by atoms with van der Waals surface area (Å²) in [5.74, 6) is -0.125. The number of ketones is 2. The van der Waals surface area contributed by atoms with Gasteiger partial charge in [-0.05, 0) is 37.1 Å². The summed E-state index contributed by atoms with van der Waals surface area (Å²) in [6, 6.07) is 21.8. The topological polar surface area (TPSA) is 34.1 Å². The Bertz CT molecular complexity index is 894. The molecule has 0 aliphatic rings. The van der Waals surface area contributed by atoms with Crippen molar-refractivity contribution in [2.24, 2.45) is 0 Å². The zero-order valence-electron chi connectivity index (χ0n) is 13.7. The molecule has 0 aromatic heterocycles. The van der Waals surface area contributed by atoms with E-state index in [1.54, 1.807) is 30.3 Å². The van der Waals surface area contributed by atoms with Crippen molar-refractivity contribution < 1.29 is 9.59 Å². The maximum Gasteiger partial charge on any atom is 0.193 e. The first kappa shape index (κ1) is 15.9. The highest BCUT2D eigenvalue weighted by atomic mass is 16.1. The molecule has 0 aliphatic heterocycles. The van der Waals surface area contributed by atoms with Gasteiger partial charge >= 0.3 is 0 Å². The molecule has 0 atom stereocenters. The van der Waals surface area contributed by atoms with E-state index in [1.165, 1.54) is 0 Å². The quantitative estimate of drug-likeness (QED) is 0.650. The van der Waals surface area contributed by atoms with Crippen molar-refractivity contribution in [2.75, 3.05) is 0 Å². The number of carbonyl (C=O) groups is 2. The lowest BCUT2D eigenvalue weighted by Gasteiger charge is -2.11. The second kappa shape index (κ2) is 6.63. The monoisotopic (exact) mass is 314 g/mol. The Morgan fingerprint density at radius 2 is 1.12 bits per heavy atom. The minimum absolute atomic E-state index is 0.0566. The molecule has 2 heteroatoms. The van der Waals surface area contributed by atoms with E-state index >= 15 is 0 Å². The van der Waals surface area contributed by atoms with Crippen molar-refractivity contribution in [3.8, 4) is 0 Å². The zero-order valence-corrected chi connectivity index (χ0v) is 13.7. The van der Waals surface area contributed by atoms with Crippen LogP contribution in [0.2, 0.25) is 0 Å². The van der Waals surface area contributed by atoms with Gasteiger partial charge < -0.3 is 0 Å². The van der Waals surface area contributed by atoms with Crippen LogP contribution < -0.4 is 0 Å². The van der Waals surface area contributed by atoms with Gasteiger partial charge in [0.25, 0.3) is 0 Å². The van der Waals surface area contributed by atoms with E-state index in [1.807, 2.05) is 56.3 Å². The summed E-state index contributed by atoms with van der Waals surface area (Å²) < 4.78 is 0. The lowest BCUT2D eigenvalue weighted by molar-refractivity contribution is 0.103. The highest BCUT2D eigenvalue weighted by molar-refractivity contribution is 6.14. The summed E-state index contributed by atoms with van der Waals surface area (Å²) >= 11 is 0. The van der Waals surface area contributed by atoms with Crippen LogP contribution in [0.25, 0.3) is 0 Å². The Hall–Kier alpha value is -3.00. The maximum absolute atomic E-state index is 12.8. The van der Waals surface area contributed by atoms with Gasteiger partial charge in [0, 0.05) is 22.3 Å². The molecule has 0 saturated carbocycles. The molecule has 0 saturated heterocycles. The number of hydrogen-bond donors (Lipinski definition) is 0. The smallest absolute Gasteiger partial charge is 0.193 e. The van der Waals surface area contributed by atoms with Crippen LogP contribution in [0.15, 0.2) is 72.8 Å². The van der Waals surface area contributed by atoms with Crippen LogP contribution in [0.3, 0.4) is 0 Å². The van der Waals surface area contributed by atoms with Gasteiger partial charge in [0.15, 0.2) is 11.6 Å². The molecule has 118 valence electrons. The van der Waals surface area contributed by atoms with Gasteiger partial charge in [-0.2, -0.15) is 0 Å². The van der Waals surface area contributed by atoms with Gasteiger partial charge in [-0.1, -0.05) is 60.7 Å². The summed E-state index contributed by atoms with van der Waals surface area (Å²) in [4.78, 5) is 25.5. The molecule has 0 N–H and O–H groups in total. The average molecular weight is 314 g/mol. The van der Waals surface area contributed by atoms with Crippen LogP contribution in [0.5, 0.6) is 0 Å². The fourth-order valence-electron chi connectivity index (χ4n) is 2.73. The van der Waals surface area contributed by atoms with E-state index in [0.717, 1.165) is 11.1 Å². The molecule has 0 spiro atoms. The first-order valence-electron chi connectivity index (χ1n) is 7.88. The van der Waals surface area contributed by atoms with Gasteiger partial charge in [-0.15, -0.1) is 0 Å². The standard InChI is InChI=1S/C22H18O2/c1-15-13-19(21(23)17-9-5-3-6-10-17)14-20(16(15)2)22(24)18-11-7-4-8-12-18/h3-14H,1-2H3. The predicted molar refractivity (Wildman–Crippen MR) is 95.7 cm³/mol. The largest absolute Gasteiger partial charge is 0.289 e. The molecule has 2 nitrogen and oxygen atoms in total. The summed E-state index contributed by atoms with van der Waals surface area (Å²) in [6.45, 7) is 3.85. The molecular weight excluding hydrogens is 296 g/mol. The normalized spacial score (nSPS) is 10.4. The number of benzene rings is 3. The van der Waals surface area contributed by atoms with E-state index in [2.05, 4.69) is 0 Å². The third-order valence-corrected chi connectivity index (χ3v) is 4.25. The zero-order chi connectivity index (χ0) is 17.1. The second-order valence-corrected chi connectivity index (χ2v) is 5.86. The molecule has 0 unspecified atom stereocenters. The van der Waals surface area contributed by atoms with Crippen LogP contribution >= 0.6 is 0 Å². The third-order valence-electron chi connectivity index (χ3n) is 4.25. The lowest BCUT2D eigenvalue weighted by atomic mass is 9.91. The SMILES string of the molecule is Cc1cc(C(=O)c2ccccc2)cc(C(=O)c2ccccc2)c1C. The highest BCUT2D eigenvalue weighted by Crippen LogP contribution is 2.22. The molecule has 0 aliphatic carbocycles.